The van der Waals surface area contributed by atoms with Gasteiger partial charge >= 0.3 is 0 Å². The highest BCUT2D eigenvalue weighted by Gasteiger charge is 2.39. The molecule has 0 radical (unpaired) electrons. The van der Waals surface area contributed by atoms with Crippen LogP contribution in [-0.2, 0) is 4.79 Å². The van der Waals surface area contributed by atoms with Gasteiger partial charge < -0.3 is 4.74 Å². The molecule has 0 bridgehead atoms. The van der Waals surface area contributed by atoms with E-state index in [0.717, 1.165) is 23.3 Å². The van der Waals surface area contributed by atoms with Gasteiger partial charge in [-0.25, -0.2) is 4.68 Å². The number of amides is 1. The molecule has 0 unspecified atom stereocenters. The maximum Gasteiger partial charge on any atom is 0.231 e. The van der Waals surface area contributed by atoms with E-state index in [-0.39, 0.29) is 23.9 Å². The topological polar surface area (TPSA) is 60.2 Å². The van der Waals surface area contributed by atoms with Crippen LogP contribution in [0.1, 0.15) is 49.9 Å². The number of hydrogen-bond donors (Lipinski definition) is 0. The molecule has 29 heavy (non-hydrogen) atoms. The Bertz CT molecular complexity index is 966. The van der Waals surface area contributed by atoms with Crippen molar-refractivity contribution in [1.82, 2.24) is 14.8 Å². The molecule has 4 rings (SSSR count). The van der Waals surface area contributed by atoms with E-state index in [0.29, 0.717) is 12.4 Å². The maximum absolute atomic E-state index is 13.2. The van der Waals surface area contributed by atoms with E-state index in [1.54, 1.807) is 7.11 Å². The summed E-state index contributed by atoms with van der Waals surface area (Å²) in [6.45, 7) is 4.11. The van der Waals surface area contributed by atoms with Crippen LogP contribution in [0.3, 0.4) is 0 Å². The summed E-state index contributed by atoms with van der Waals surface area (Å²) in [6.07, 6.45) is 2.74. The average Bonchev–Trinajstić information content (AvgIpc) is 3.22. The largest absolute Gasteiger partial charge is 0.497 e. The van der Waals surface area contributed by atoms with Crippen LogP contribution in [0.5, 0.6) is 5.75 Å². The summed E-state index contributed by atoms with van der Waals surface area (Å²) in [5.41, 5.74) is 2.23. The highest BCUT2D eigenvalue weighted by molar-refractivity contribution is 5.93. The predicted molar refractivity (Wildman–Crippen MR) is 112 cm³/mol. The lowest BCUT2D eigenvalue weighted by Crippen LogP contribution is -2.43. The second-order valence-corrected chi connectivity index (χ2v) is 7.82. The number of hydrogen-bond acceptors (Lipinski definition) is 4. The maximum atomic E-state index is 13.2. The molecule has 1 amide bonds. The third-order valence-electron chi connectivity index (χ3n) is 5.36. The predicted octanol–water partition coefficient (Wildman–Crippen LogP) is 4.40. The molecule has 0 saturated heterocycles. The van der Waals surface area contributed by atoms with Crippen molar-refractivity contribution in [3.63, 3.8) is 0 Å². The summed E-state index contributed by atoms with van der Waals surface area (Å²) < 4.78 is 7.19. The third kappa shape index (κ3) is 3.75. The van der Waals surface area contributed by atoms with Gasteiger partial charge in [-0.15, -0.1) is 0 Å². The van der Waals surface area contributed by atoms with Crippen molar-refractivity contribution >= 4 is 11.9 Å². The number of ether oxygens (including phenoxy) is 1. The average molecular weight is 390 g/mol. The first-order valence-electron chi connectivity index (χ1n) is 9.99. The fourth-order valence-corrected chi connectivity index (χ4v) is 3.99. The standard InChI is InChI=1S/C23H26N4O2/c1-16(2)13-22(28)26-20(18-9-11-19(29-3)12-10-18)14-21(17-7-5-4-6-8-17)27-23(26)24-15-25-27/h4-12,15-16,20-21H,13-14H2,1-3H3/t20-,21-/m0/s1. The lowest BCUT2D eigenvalue weighted by molar-refractivity contribution is -0.120. The van der Waals surface area contributed by atoms with E-state index in [1.807, 2.05) is 52.0 Å². The van der Waals surface area contributed by atoms with Crippen molar-refractivity contribution in [2.75, 3.05) is 12.0 Å². The Balaban J connectivity index is 1.80. The first-order valence-corrected chi connectivity index (χ1v) is 9.99. The van der Waals surface area contributed by atoms with Crippen LogP contribution in [0, 0.1) is 5.92 Å². The van der Waals surface area contributed by atoms with Crippen molar-refractivity contribution in [2.24, 2.45) is 5.92 Å². The molecule has 1 aliphatic rings. The number of rotatable bonds is 5. The molecule has 3 aromatic rings. The summed E-state index contributed by atoms with van der Waals surface area (Å²) in [5.74, 6) is 1.74. The van der Waals surface area contributed by atoms with Gasteiger partial charge in [0.2, 0.25) is 11.9 Å². The molecule has 2 aromatic carbocycles. The van der Waals surface area contributed by atoms with Gasteiger partial charge in [0.15, 0.2) is 0 Å². The summed E-state index contributed by atoms with van der Waals surface area (Å²) in [6, 6.07) is 18.1. The zero-order valence-electron chi connectivity index (χ0n) is 17.0. The molecule has 0 aliphatic carbocycles. The number of nitrogens with zero attached hydrogens (tertiary/aromatic N) is 4. The first-order chi connectivity index (χ1) is 14.1. The molecular weight excluding hydrogens is 364 g/mol. The van der Waals surface area contributed by atoms with Crippen LogP contribution in [0.2, 0.25) is 0 Å². The highest BCUT2D eigenvalue weighted by Crippen LogP contribution is 2.42. The zero-order valence-corrected chi connectivity index (χ0v) is 17.0. The minimum absolute atomic E-state index is 0.0175. The quantitative estimate of drug-likeness (QED) is 0.648. The lowest BCUT2D eigenvalue weighted by atomic mass is 9.91. The number of carbonyl (C=O) groups is 1. The Morgan fingerprint density at radius 3 is 2.41 bits per heavy atom. The fraction of sp³-hybridized carbons (Fsp3) is 0.348. The van der Waals surface area contributed by atoms with Crippen LogP contribution in [0.25, 0.3) is 0 Å². The van der Waals surface area contributed by atoms with E-state index in [4.69, 9.17) is 4.74 Å². The smallest absolute Gasteiger partial charge is 0.231 e. The van der Waals surface area contributed by atoms with Gasteiger partial charge in [0.25, 0.3) is 0 Å². The Labute approximate surface area is 171 Å². The number of anilines is 1. The second-order valence-electron chi connectivity index (χ2n) is 7.82. The van der Waals surface area contributed by atoms with Crippen molar-refractivity contribution < 1.29 is 9.53 Å². The number of carbonyl (C=O) groups excluding carboxylic acids is 1. The van der Waals surface area contributed by atoms with Crippen molar-refractivity contribution in [3.8, 4) is 5.75 Å². The Kier molecular flexibility index (Phi) is 5.34. The van der Waals surface area contributed by atoms with E-state index < -0.39 is 0 Å². The monoisotopic (exact) mass is 390 g/mol. The van der Waals surface area contributed by atoms with Gasteiger partial charge in [0, 0.05) is 6.42 Å². The Hall–Kier alpha value is -3.15. The SMILES string of the molecule is COc1ccc([C@@H]2C[C@@H](c3ccccc3)n3ncnc3N2C(=O)CC(C)C)cc1. The second kappa shape index (κ2) is 8.07. The van der Waals surface area contributed by atoms with Crippen LogP contribution in [-0.4, -0.2) is 27.8 Å². The summed E-state index contributed by atoms with van der Waals surface area (Å²) >= 11 is 0. The molecule has 0 saturated carbocycles. The minimum Gasteiger partial charge on any atom is -0.497 e. The number of aromatic nitrogens is 3. The van der Waals surface area contributed by atoms with Gasteiger partial charge in [0.1, 0.15) is 12.1 Å². The molecule has 2 heterocycles. The first kappa shape index (κ1) is 19.2. The van der Waals surface area contributed by atoms with Crippen LogP contribution in [0.15, 0.2) is 60.9 Å². The van der Waals surface area contributed by atoms with Crippen molar-refractivity contribution in [1.29, 1.82) is 0 Å². The summed E-state index contributed by atoms with van der Waals surface area (Å²) in [4.78, 5) is 19.6. The van der Waals surface area contributed by atoms with E-state index in [1.165, 1.54) is 6.33 Å². The Morgan fingerprint density at radius 1 is 1.07 bits per heavy atom. The number of methoxy groups -OCH3 is 1. The summed E-state index contributed by atoms with van der Waals surface area (Å²) in [7, 11) is 1.65. The highest BCUT2D eigenvalue weighted by atomic mass is 16.5. The van der Waals surface area contributed by atoms with E-state index in [9.17, 15) is 4.79 Å². The number of fused-ring (bicyclic) bond motifs is 1. The van der Waals surface area contributed by atoms with Gasteiger partial charge in [-0.3, -0.25) is 9.69 Å². The number of benzene rings is 2. The molecule has 0 N–H and O–H groups in total. The van der Waals surface area contributed by atoms with Crippen molar-refractivity contribution in [3.05, 3.63) is 72.1 Å². The van der Waals surface area contributed by atoms with E-state index >= 15 is 0 Å². The van der Waals surface area contributed by atoms with Gasteiger partial charge in [-0.1, -0.05) is 56.3 Å². The Morgan fingerprint density at radius 2 is 1.76 bits per heavy atom. The third-order valence-corrected chi connectivity index (χ3v) is 5.36. The molecule has 0 fully saturated rings. The van der Waals surface area contributed by atoms with Gasteiger partial charge in [0.05, 0.1) is 19.2 Å². The zero-order chi connectivity index (χ0) is 20.4. The van der Waals surface area contributed by atoms with Crippen LogP contribution >= 0.6 is 0 Å². The molecule has 6 nitrogen and oxygen atoms in total. The van der Waals surface area contributed by atoms with Crippen LogP contribution in [0.4, 0.5) is 5.95 Å². The molecular formula is C23H26N4O2. The molecule has 1 aliphatic heterocycles. The van der Waals surface area contributed by atoms with Gasteiger partial charge in [-0.2, -0.15) is 10.1 Å². The van der Waals surface area contributed by atoms with Crippen molar-refractivity contribution in [2.45, 2.75) is 38.8 Å². The molecule has 1 aromatic heterocycles. The molecule has 6 heteroatoms. The normalized spacial score (nSPS) is 18.6. The summed E-state index contributed by atoms with van der Waals surface area (Å²) in [5, 5.41) is 4.47. The fourth-order valence-electron chi connectivity index (χ4n) is 3.99. The van der Waals surface area contributed by atoms with Gasteiger partial charge in [-0.05, 0) is 35.6 Å². The lowest BCUT2D eigenvalue weighted by Gasteiger charge is -2.39. The van der Waals surface area contributed by atoms with Crippen LogP contribution < -0.4 is 9.64 Å². The molecule has 2 atom stereocenters. The minimum atomic E-state index is -0.117. The van der Waals surface area contributed by atoms with E-state index in [2.05, 4.69) is 36.1 Å². The molecule has 0 spiro atoms. The molecule has 150 valence electrons.